The Labute approximate surface area is 81.5 Å². The molecule has 1 rings (SSSR count). The second kappa shape index (κ2) is 3.28. The van der Waals surface area contributed by atoms with Gasteiger partial charge in [-0.2, -0.15) is 0 Å². The van der Waals surface area contributed by atoms with Crippen LogP contribution >= 0.6 is 12.4 Å². The molecular formula is C10H18ClN. The Morgan fingerprint density at radius 1 is 1.42 bits per heavy atom. The van der Waals surface area contributed by atoms with E-state index in [4.69, 9.17) is 12.2 Å². The van der Waals surface area contributed by atoms with Crippen molar-refractivity contribution in [2.45, 2.75) is 39.2 Å². The average Bonchev–Trinajstić information content (AvgIpc) is 1.78. The first kappa shape index (κ1) is 11.8. The highest BCUT2D eigenvalue weighted by atomic mass is 35.5. The molecular weight excluding hydrogens is 170 g/mol. The first-order valence-electron chi connectivity index (χ1n) is 4.14. The molecule has 0 aromatic carbocycles. The number of hydrogen-bond acceptors (Lipinski definition) is 1. The molecule has 0 aromatic heterocycles. The number of halogens is 1. The van der Waals surface area contributed by atoms with Crippen LogP contribution in [0.3, 0.4) is 0 Å². The van der Waals surface area contributed by atoms with Crippen LogP contribution in [0.1, 0.15) is 33.6 Å². The zero-order chi connectivity index (χ0) is 8.70. The van der Waals surface area contributed by atoms with Crippen LogP contribution in [0, 0.1) is 23.7 Å². The summed E-state index contributed by atoms with van der Waals surface area (Å²) in [6, 6.07) is 0. The van der Waals surface area contributed by atoms with E-state index in [9.17, 15) is 0 Å². The molecule has 0 atom stereocenters. The standard InChI is InChI=1S/C10H17N.ClH/c1-5-10(11)6-8(7-10)9(2,3)4;/h1,8H,6-7,11H2,2-4H3;1H. The van der Waals surface area contributed by atoms with E-state index in [0.717, 1.165) is 12.8 Å². The maximum Gasteiger partial charge on any atom is 0.0779 e. The third kappa shape index (κ3) is 2.15. The fraction of sp³-hybridized carbons (Fsp3) is 0.800. The summed E-state index contributed by atoms with van der Waals surface area (Å²) in [6.45, 7) is 6.73. The minimum Gasteiger partial charge on any atom is -0.315 e. The Morgan fingerprint density at radius 3 is 2.08 bits per heavy atom. The van der Waals surface area contributed by atoms with Crippen molar-refractivity contribution in [3.8, 4) is 12.3 Å². The maximum absolute atomic E-state index is 5.85. The summed E-state index contributed by atoms with van der Waals surface area (Å²) in [5, 5.41) is 0. The topological polar surface area (TPSA) is 26.0 Å². The van der Waals surface area contributed by atoms with Crippen molar-refractivity contribution in [3.63, 3.8) is 0 Å². The molecule has 0 radical (unpaired) electrons. The molecule has 0 amide bonds. The summed E-state index contributed by atoms with van der Waals surface area (Å²) in [5.41, 5.74) is 5.95. The first-order valence-corrected chi connectivity index (χ1v) is 4.14. The molecule has 0 unspecified atom stereocenters. The smallest absolute Gasteiger partial charge is 0.0779 e. The molecule has 1 saturated carbocycles. The highest BCUT2D eigenvalue weighted by molar-refractivity contribution is 5.85. The van der Waals surface area contributed by atoms with E-state index in [1.54, 1.807) is 0 Å². The van der Waals surface area contributed by atoms with Crippen LogP contribution < -0.4 is 5.73 Å². The maximum atomic E-state index is 5.85. The molecule has 2 N–H and O–H groups in total. The molecule has 1 nitrogen and oxygen atoms in total. The highest BCUT2D eigenvalue weighted by Crippen LogP contribution is 2.45. The Kier molecular flexibility index (Phi) is 3.23. The van der Waals surface area contributed by atoms with Crippen LogP contribution in [-0.4, -0.2) is 5.54 Å². The van der Waals surface area contributed by atoms with Crippen LogP contribution in [0.4, 0.5) is 0 Å². The van der Waals surface area contributed by atoms with E-state index < -0.39 is 0 Å². The largest absolute Gasteiger partial charge is 0.315 e. The van der Waals surface area contributed by atoms with Gasteiger partial charge in [-0.05, 0) is 24.2 Å². The average molecular weight is 188 g/mol. The SMILES string of the molecule is C#CC1(N)CC(C(C)(C)C)C1.Cl. The molecule has 12 heavy (non-hydrogen) atoms. The molecule has 0 aromatic rings. The Bertz CT molecular complexity index is 191. The third-order valence-corrected chi connectivity index (χ3v) is 2.73. The summed E-state index contributed by atoms with van der Waals surface area (Å²) in [7, 11) is 0. The molecule has 1 fully saturated rings. The Morgan fingerprint density at radius 2 is 1.83 bits per heavy atom. The van der Waals surface area contributed by atoms with Gasteiger partial charge in [0.1, 0.15) is 0 Å². The molecule has 0 heterocycles. The monoisotopic (exact) mass is 187 g/mol. The van der Waals surface area contributed by atoms with Crippen molar-refractivity contribution < 1.29 is 0 Å². The lowest BCUT2D eigenvalue weighted by Gasteiger charge is -2.47. The van der Waals surface area contributed by atoms with Crippen molar-refractivity contribution in [1.29, 1.82) is 0 Å². The van der Waals surface area contributed by atoms with Crippen molar-refractivity contribution in [3.05, 3.63) is 0 Å². The predicted octanol–water partition coefficient (Wildman–Crippen LogP) is 2.20. The van der Waals surface area contributed by atoms with Gasteiger partial charge < -0.3 is 5.73 Å². The summed E-state index contributed by atoms with van der Waals surface area (Å²) >= 11 is 0. The normalized spacial score (nSPS) is 34.4. The molecule has 2 heteroatoms. The Balaban J connectivity index is 0.00000121. The summed E-state index contributed by atoms with van der Waals surface area (Å²) in [4.78, 5) is 0. The van der Waals surface area contributed by atoms with E-state index in [1.807, 2.05) is 0 Å². The molecule has 1 aliphatic rings. The van der Waals surface area contributed by atoms with E-state index in [2.05, 4.69) is 26.7 Å². The number of nitrogens with two attached hydrogens (primary N) is 1. The van der Waals surface area contributed by atoms with E-state index in [0.29, 0.717) is 11.3 Å². The summed E-state index contributed by atoms with van der Waals surface area (Å²) in [6.07, 6.45) is 7.28. The minimum atomic E-state index is -0.280. The van der Waals surface area contributed by atoms with E-state index in [-0.39, 0.29) is 17.9 Å². The summed E-state index contributed by atoms with van der Waals surface area (Å²) in [5.74, 6) is 3.37. The van der Waals surface area contributed by atoms with Crippen molar-refractivity contribution in [1.82, 2.24) is 0 Å². The lowest BCUT2D eigenvalue weighted by Crippen LogP contribution is -2.54. The van der Waals surface area contributed by atoms with Gasteiger partial charge in [-0.1, -0.05) is 26.7 Å². The van der Waals surface area contributed by atoms with Crippen LogP contribution in [0.2, 0.25) is 0 Å². The first-order chi connectivity index (χ1) is 4.87. The van der Waals surface area contributed by atoms with Gasteiger partial charge in [-0.25, -0.2) is 0 Å². The third-order valence-electron chi connectivity index (χ3n) is 2.73. The molecule has 1 aliphatic carbocycles. The van der Waals surface area contributed by atoms with Crippen LogP contribution in [0.5, 0.6) is 0 Å². The second-order valence-electron chi connectivity index (χ2n) is 4.77. The fourth-order valence-electron chi connectivity index (χ4n) is 1.55. The quantitative estimate of drug-likeness (QED) is 0.579. The van der Waals surface area contributed by atoms with Gasteiger partial charge >= 0.3 is 0 Å². The highest BCUT2D eigenvalue weighted by Gasteiger charge is 2.44. The van der Waals surface area contributed by atoms with Gasteiger partial charge in [0, 0.05) is 0 Å². The Hall–Kier alpha value is -0.190. The molecule has 0 aliphatic heterocycles. The van der Waals surface area contributed by atoms with Crippen molar-refractivity contribution in [2.75, 3.05) is 0 Å². The van der Waals surface area contributed by atoms with Gasteiger partial charge in [0.25, 0.3) is 0 Å². The molecule has 70 valence electrons. The molecule has 0 saturated heterocycles. The second-order valence-corrected chi connectivity index (χ2v) is 4.77. The van der Waals surface area contributed by atoms with Gasteiger partial charge in [-0.3, -0.25) is 0 Å². The lowest BCUT2D eigenvalue weighted by atomic mass is 9.60. The minimum absolute atomic E-state index is 0. The van der Waals surface area contributed by atoms with Gasteiger partial charge in [0.05, 0.1) is 5.54 Å². The number of terminal acetylenes is 1. The van der Waals surface area contributed by atoms with Crippen LogP contribution in [0.15, 0.2) is 0 Å². The lowest BCUT2D eigenvalue weighted by molar-refractivity contribution is 0.0840. The van der Waals surface area contributed by atoms with Crippen molar-refractivity contribution >= 4 is 12.4 Å². The summed E-state index contributed by atoms with van der Waals surface area (Å²) < 4.78 is 0. The molecule has 0 spiro atoms. The van der Waals surface area contributed by atoms with Crippen molar-refractivity contribution in [2.24, 2.45) is 17.1 Å². The van der Waals surface area contributed by atoms with Gasteiger partial charge in [-0.15, -0.1) is 18.8 Å². The fourth-order valence-corrected chi connectivity index (χ4v) is 1.55. The zero-order valence-corrected chi connectivity index (χ0v) is 8.87. The van der Waals surface area contributed by atoms with E-state index >= 15 is 0 Å². The predicted molar refractivity (Wildman–Crippen MR) is 55.2 cm³/mol. The number of hydrogen-bond donors (Lipinski definition) is 1. The van der Waals surface area contributed by atoms with Gasteiger partial charge in [0.15, 0.2) is 0 Å². The van der Waals surface area contributed by atoms with Crippen LogP contribution in [0.25, 0.3) is 0 Å². The van der Waals surface area contributed by atoms with E-state index in [1.165, 1.54) is 0 Å². The molecule has 0 bridgehead atoms. The van der Waals surface area contributed by atoms with Gasteiger partial charge in [0.2, 0.25) is 0 Å². The number of rotatable bonds is 0. The zero-order valence-electron chi connectivity index (χ0n) is 8.05. The van der Waals surface area contributed by atoms with Crippen LogP contribution in [-0.2, 0) is 0 Å².